The summed E-state index contributed by atoms with van der Waals surface area (Å²) in [6.45, 7) is 2.87. The fourth-order valence-electron chi connectivity index (χ4n) is 4.10. The first-order valence-electron chi connectivity index (χ1n) is 9.89. The number of carbonyl (C=O) groups is 1. The van der Waals surface area contributed by atoms with Crippen molar-refractivity contribution in [3.63, 3.8) is 0 Å². The molecule has 0 aliphatic carbocycles. The quantitative estimate of drug-likeness (QED) is 0.654. The van der Waals surface area contributed by atoms with Gasteiger partial charge in [-0.1, -0.05) is 36.4 Å². The van der Waals surface area contributed by atoms with Crippen LogP contribution in [0, 0.1) is 6.92 Å². The van der Waals surface area contributed by atoms with Gasteiger partial charge in [0.05, 0.1) is 4.90 Å². The van der Waals surface area contributed by atoms with Crippen LogP contribution in [0.15, 0.2) is 59.5 Å². The van der Waals surface area contributed by atoms with E-state index in [1.54, 1.807) is 30.3 Å². The Kier molecular flexibility index (Phi) is 5.43. The molecule has 1 atom stereocenters. The van der Waals surface area contributed by atoms with Gasteiger partial charge in [0.1, 0.15) is 6.04 Å². The van der Waals surface area contributed by atoms with Gasteiger partial charge in [0.2, 0.25) is 15.9 Å². The molecule has 1 aliphatic heterocycles. The molecular formula is C22H25N3O3S. The largest absolute Gasteiger partial charge is 0.358 e. The van der Waals surface area contributed by atoms with Crippen LogP contribution in [-0.4, -0.2) is 42.7 Å². The van der Waals surface area contributed by atoms with Gasteiger partial charge >= 0.3 is 0 Å². The van der Waals surface area contributed by atoms with Crippen LogP contribution in [-0.2, 0) is 21.2 Å². The molecule has 4 rings (SSSR count). The Labute approximate surface area is 171 Å². The average Bonchev–Trinajstić information content (AvgIpc) is 3.34. The molecule has 3 aromatic rings. The van der Waals surface area contributed by atoms with Gasteiger partial charge in [-0.05, 0) is 49.9 Å². The third kappa shape index (κ3) is 3.80. The second-order valence-electron chi connectivity index (χ2n) is 7.40. The van der Waals surface area contributed by atoms with E-state index in [0.717, 1.165) is 16.6 Å². The molecule has 29 heavy (non-hydrogen) atoms. The van der Waals surface area contributed by atoms with Crippen LogP contribution in [0.3, 0.4) is 0 Å². The minimum atomic E-state index is -3.67. The highest BCUT2D eigenvalue weighted by atomic mass is 32.2. The van der Waals surface area contributed by atoms with Crippen molar-refractivity contribution in [2.45, 2.75) is 37.1 Å². The Morgan fingerprint density at radius 1 is 1.14 bits per heavy atom. The molecule has 2 aromatic carbocycles. The summed E-state index contributed by atoms with van der Waals surface area (Å²) in [6.07, 6.45) is 1.93. The fraction of sp³-hybridized carbons (Fsp3) is 0.318. The summed E-state index contributed by atoms with van der Waals surface area (Å²) < 4.78 is 27.2. The zero-order chi connectivity index (χ0) is 20.4. The number of fused-ring (bicyclic) bond motifs is 1. The molecule has 6 nitrogen and oxygen atoms in total. The number of amides is 1. The van der Waals surface area contributed by atoms with E-state index in [1.165, 1.54) is 9.87 Å². The molecule has 1 amide bonds. The Morgan fingerprint density at radius 3 is 2.66 bits per heavy atom. The van der Waals surface area contributed by atoms with E-state index in [2.05, 4.69) is 16.4 Å². The maximum atomic E-state index is 12.9. The van der Waals surface area contributed by atoms with Gasteiger partial charge < -0.3 is 10.3 Å². The van der Waals surface area contributed by atoms with Gasteiger partial charge in [0.15, 0.2) is 0 Å². The second kappa shape index (κ2) is 8.00. The molecule has 2 heterocycles. The maximum Gasteiger partial charge on any atom is 0.243 e. The number of rotatable bonds is 6. The normalized spacial score (nSPS) is 17.6. The highest BCUT2D eigenvalue weighted by Crippen LogP contribution is 2.26. The summed E-state index contributed by atoms with van der Waals surface area (Å²) in [7, 11) is -3.67. The van der Waals surface area contributed by atoms with Crippen molar-refractivity contribution in [3.8, 4) is 0 Å². The number of sulfonamides is 1. The van der Waals surface area contributed by atoms with Crippen LogP contribution in [0.1, 0.15) is 24.1 Å². The number of nitrogens with zero attached hydrogens (tertiary/aromatic N) is 1. The topological polar surface area (TPSA) is 82.3 Å². The Bertz CT molecular complexity index is 1120. The number of H-pyrrole nitrogens is 1. The lowest BCUT2D eigenvalue weighted by atomic mass is 10.1. The molecule has 1 saturated heterocycles. The van der Waals surface area contributed by atoms with Gasteiger partial charge in [0, 0.05) is 29.7 Å². The highest BCUT2D eigenvalue weighted by Gasteiger charge is 2.39. The van der Waals surface area contributed by atoms with Crippen LogP contribution in [0.4, 0.5) is 0 Å². The number of aromatic amines is 1. The maximum absolute atomic E-state index is 12.9. The van der Waals surface area contributed by atoms with Gasteiger partial charge in [-0.2, -0.15) is 4.31 Å². The fourth-order valence-corrected chi connectivity index (χ4v) is 5.78. The summed E-state index contributed by atoms with van der Waals surface area (Å²) in [5.41, 5.74) is 3.36. The zero-order valence-corrected chi connectivity index (χ0v) is 17.2. The average molecular weight is 412 g/mol. The lowest BCUT2D eigenvalue weighted by Gasteiger charge is -2.23. The number of para-hydroxylation sites is 1. The first kappa shape index (κ1) is 19.7. The number of benzene rings is 2. The minimum absolute atomic E-state index is 0.223. The summed E-state index contributed by atoms with van der Waals surface area (Å²) in [4.78, 5) is 16.4. The van der Waals surface area contributed by atoms with Crippen molar-refractivity contribution < 1.29 is 13.2 Å². The van der Waals surface area contributed by atoms with E-state index in [0.29, 0.717) is 32.4 Å². The van der Waals surface area contributed by atoms with Crippen LogP contribution < -0.4 is 5.32 Å². The predicted octanol–water partition coefficient (Wildman–Crippen LogP) is 2.99. The molecule has 1 aliphatic rings. The molecule has 0 spiro atoms. The first-order valence-corrected chi connectivity index (χ1v) is 11.3. The minimum Gasteiger partial charge on any atom is -0.358 e. The molecule has 0 saturated carbocycles. The third-order valence-electron chi connectivity index (χ3n) is 5.56. The number of hydrogen-bond donors (Lipinski definition) is 2. The number of aryl methyl sites for hydroxylation is 1. The van der Waals surface area contributed by atoms with Crippen LogP contribution in [0.25, 0.3) is 10.9 Å². The molecule has 2 N–H and O–H groups in total. The van der Waals surface area contributed by atoms with Crippen molar-refractivity contribution in [2.24, 2.45) is 0 Å². The van der Waals surface area contributed by atoms with Crippen molar-refractivity contribution in [1.82, 2.24) is 14.6 Å². The second-order valence-corrected chi connectivity index (χ2v) is 9.29. The van der Waals surface area contributed by atoms with Gasteiger partial charge in [0.25, 0.3) is 0 Å². The third-order valence-corrected chi connectivity index (χ3v) is 7.48. The van der Waals surface area contributed by atoms with E-state index >= 15 is 0 Å². The summed E-state index contributed by atoms with van der Waals surface area (Å²) in [6, 6.07) is 15.8. The summed E-state index contributed by atoms with van der Waals surface area (Å²) in [5.74, 6) is -0.223. The number of hydrogen-bond acceptors (Lipinski definition) is 3. The molecule has 0 radical (unpaired) electrons. The lowest BCUT2D eigenvalue weighted by molar-refractivity contribution is -0.124. The van der Waals surface area contributed by atoms with E-state index in [9.17, 15) is 13.2 Å². The Morgan fingerprint density at radius 2 is 1.86 bits per heavy atom. The summed E-state index contributed by atoms with van der Waals surface area (Å²) in [5, 5.41) is 4.11. The van der Waals surface area contributed by atoms with Crippen LogP contribution >= 0.6 is 0 Å². The van der Waals surface area contributed by atoms with E-state index in [-0.39, 0.29) is 10.8 Å². The van der Waals surface area contributed by atoms with Crippen molar-refractivity contribution in [1.29, 1.82) is 0 Å². The monoisotopic (exact) mass is 411 g/mol. The molecule has 152 valence electrons. The van der Waals surface area contributed by atoms with Crippen molar-refractivity contribution in [3.05, 3.63) is 65.9 Å². The number of aromatic nitrogens is 1. The lowest BCUT2D eigenvalue weighted by Crippen LogP contribution is -2.46. The predicted molar refractivity (Wildman–Crippen MR) is 113 cm³/mol. The van der Waals surface area contributed by atoms with Gasteiger partial charge in [-0.3, -0.25) is 4.79 Å². The molecular weight excluding hydrogens is 386 g/mol. The van der Waals surface area contributed by atoms with E-state index in [1.807, 2.05) is 25.1 Å². The smallest absolute Gasteiger partial charge is 0.243 e. The standard InChI is InChI=1S/C22H25N3O3S/c1-16-18(19-10-5-6-11-20(19)24-16)13-14-23-22(26)21-12-7-15-25(21)29(27,28)17-8-3-2-4-9-17/h2-6,8-11,21,24H,7,12-15H2,1H3,(H,23,26). The molecule has 1 unspecified atom stereocenters. The zero-order valence-electron chi connectivity index (χ0n) is 16.4. The summed E-state index contributed by atoms with van der Waals surface area (Å²) >= 11 is 0. The number of carbonyl (C=O) groups excluding carboxylic acids is 1. The van der Waals surface area contributed by atoms with E-state index < -0.39 is 16.1 Å². The van der Waals surface area contributed by atoms with Gasteiger partial charge in [-0.15, -0.1) is 0 Å². The highest BCUT2D eigenvalue weighted by molar-refractivity contribution is 7.89. The van der Waals surface area contributed by atoms with Crippen LogP contribution in [0.2, 0.25) is 0 Å². The van der Waals surface area contributed by atoms with Crippen molar-refractivity contribution >= 4 is 26.8 Å². The van der Waals surface area contributed by atoms with Crippen LogP contribution in [0.5, 0.6) is 0 Å². The van der Waals surface area contributed by atoms with E-state index in [4.69, 9.17) is 0 Å². The first-order chi connectivity index (χ1) is 14.0. The molecule has 1 fully saturated rings. The molecule has 7 heteroatoms. The van der Waals surface area contributed by atoms with Gasteiger partial charge in [-0.25, -0.2) is 8.42 Å². The Hall–Kier alpha value is -2.64. The molecule has 0 bridgehead atoms. The molecule has 1 aromatic heterocycles. The SMILES string of the molecule is Cc1[nH]c2ccccc2c1CCNC(=O)C1CCCN1S(=O)(=O)c1ccccc1. The van der Waals surface area contributed by atoms with Crippen molar-refractivity contribution in [2.75, 3.05) is 13.1 Å². The number of nitrogens with one attached hydrogen (secondary N) is 2. The Balaban J connectivity index is 1.43.